The molecule has 0 spiro atoms. The van der Waals surface area contributed by atoms with Gasteiger partial charge in [-0.1, -0.05) is 37.6 Å². The maximum atomic E-state index is 13.0. The molecular weight excluding hydrogens is 374 g/mol. The minimum Gasteiger partial charge on any atom is -0.398 e. The quantitative estimate of drug-likeness (QED) is 0.654. The molecule has 2 atom stereocenters. The van der Waals surface area contributed by atoms with Crippen LogP contribution in [0.4, 0.5) is 5.69 Å². The van der Waals surface area contributed by atoms with Gasteiger partial charge in [-0.3, -0.25) is 19.5 Å². The number of anilines is 1. The smallest absolute Gasteiger partial charge is 0.261 e. The summed E-state index contributed by atoms with van der Waals surface area (Å²) in [5.74, 6) is -0.673. The van der Waals surface area contributed by atoms with Gasteiger partial charge in [0, 0.05) is 34.3 Å². The van der Waals surface area contributed by atoms with Gasteiger partial charge >= 0.3 is 0 Å². The second kappa shape index (κ2) is 6.91. The molecule has 6 heteroatoms. The Morgan fingerprint density at radius 3 is 2.36 bits per heavy atom. The van der Waals surface area contributed by atoms with Gasteiger partial charge in [-0.05, 0) is 42.3 Å². The number of hydrogen-bond donors (Lipinski definition) is 1. The molecule has 5 nitrogen and oxygen atoms in total. The van der Waals surface area contributed by atoms with E-state index in [4.69, 9.17) is 17.3 Å². The lowest BCUT2D eigenvalue weighted by Gasteiger charge is -2.31. The summed E-state index contributed by atoms with van der Waals surface area (Å²) in [4.78, 5) is 31.7. The number of halogens is 1. The van der Waals surface area contributed by atoms with Crippen LogP contribution in [0.5, 0.6) is 0 Å². The molecule has 142 valence electrons. The Labute approximate surface area is 168 Å². The highest BCUT2D eigenvalue weighted by Crippen LogP contribution is 2.38. The van der Waals surface area contributed by atoms with Crippen molar-refractivity contribution in [2.75, 3.05) is 5.73 Å². The van der Waals surface area contributed by atoms with Crippen molar-refractivity contribution in [1.82, 2.24) is 9.88 Å². The third-order valence-electron chi connectivity index (χ3n) is 5.51. The van der Waals surface area contributed by atoms with Crippen molar-refractivity contribution >= 4 is 40.0 Å². The number of hydrogen-bond acceptors (Lipinski definition) is 4. The van der Waals surface area contributed by atoms with Crippen molar-refractivity contribution in [3.8, 4) is 0 Å². The van der Waals surface area contributed by atoms with Gasteiger partial charge in [0.25, 0.3) is 11.8 Å². The zero-order valence-corrected chi connectivity index (χ0v) is 16.4. The van der Waals surface area contributed by atoms with Gasteiger partial charge in [0.2, 0.25) is 0 Å². The average Bonchev–Trinajstić information content (AvgIpc) is 2.93. The number of carbonyl (C=O) groups is 2. The summed E-state index contributed by atoms with van der Waals surface area (Å²) in [6, 6.07) is 12.0. The van der Waals surface area contributed by atoms with Crippen molar-refractivity contribution in [3.63, 3.8) is 0 Å². The van der Waals surface area contributed by atoms with E-state index < -0.39 is 0 Å². The van der Waals surface area contributed by atoms with Crippen LogP contribution >= 0.6 is 11.6 Å². The average molecular weight is 394 g/mol. The minimum absolute atomic E-state index is 0.167. The zero-order valence-electron chi connectivity index (χ0n) is 15.6. The van der Waals surface area contributed by atoms with Crippen LogP contribution in [0.2, 0.25) is 5.02 Å². The van der Waals surface area contributed by atoms with Crippen LogP contribution in [-0.4, -0.2) is 27.7 Å². The molecule has 0 bridgehead atoms. The first-order valence-electron chi connectivity index (χ1n) is 9.24. The number of carbonyl (C=O) groups excluding carboxylic acids is 2. The van der Waals surface area contributed by atoms with Crippen LogP contribution < -0.4 is 5.73 Å². The van der Waals surface area contributed by atoms with E-state index in [2.05, 4.69) is 4.98 Å². The first-order valence-corrected chi connectivity index (χ1v) is 9.62. The van der Waals surface area contributed by atoms with E-state index in [1.807, 2.05) is 19.9 Å². The number of imide groups is 1. The summed E-state index contributed by atoms with van der Waals surface area (Å²) < 4.78 is 0. The fourth-order valence-electron chi connectivity index (χ4n) is 4.15. The Bertz CT molecular complexity index is 1080. The van der Waals surface area contributed by atoms with Crippen molar-refractivity contribution < 1.29 is 9.59 Å². The Kier molecular flexibility index (Phi) is 4.55. The van der Waals surface area contributed by atoms with Gasteiger partial charge < -0.3 is 5.73 Å². The molecule has 1 aliphatic rings. The van der Waals surface area contributed by atoms with Crippen LogP contribution in [0, 0.1) is 0 Å². The summed E-state index contributed by atoms with van der Waals surface area (Å²) in [6.07, 6.45) is 2.25. The highest BCUT2D eigenvalue weighted by atomic mass is 35.5. The lowest BCUT2D eigenvalue weighted by Crippen LogP contribution is -2.42. The minimum atomic E-state index is -0.325. The number of aromatic nitrogens is 1. The van der Waals surface area contributed by atoms with Crippen molar-refractivity contribution in [3.05, 3.63) is 70.4 Å². The van der Waals surface area contributed by atoms with E-state index in [1.54, 1.807) is 42.6 Å². The number of pyridine rings is 1. The molecule has 2 heterocycles. The molecule has 2 unspecified atom stereocenters. The first-order chi connectivity index (χ1) is 13.4. The molecule has 4 rings (SSSR count). The molecule has 2 aromatic carbocycles. The summed E-state index contributed by atoms with van der Waals surface area (Å²) in [7, 11) is 0. The summed E-state index contributed by atoms with van der Waals surface area (Å²) in [5, 5.41) is 1.36. The largest absolute Gasteiger partial charge is 0.398 e. The topological polar surface area (TPSA) is 76.3 Å². The van der Waals surface area contributed by atoms with Gasteiger partial charge in [0.1, 0.15) is 0 Å². The van der Waals surface area contributed by atoms with Crippen molar-refractivity contribution in [2.24, 2.45) is 0 Å². The Hall–Kier alpha value is -2.92. The third kappa shape index (κ3) is 2.74. The highest BCUT2D eigenvalue weighted by Gasteiger charge is 2.41. The SMILES string of the molecule is CCC(C(C)c1cc(Cl)cc2nccc(N)c12)N1C(=O)c2ccccc2C1=O. The molecule has 0 radical (unpaired) electrons. The Morgan fingerprint density at radius 1 is 1.11 bits per heavy atom. The maximum absolute atomic E-state index is 13.0. The predicted molar refractivity (Wildman–Crippen MR) is 111 cm³/mol. The van der Waals surface area contributed by atoms with E-state index in [-0.39, 0.29) is 23.8 Å². The Morgan fingerprint density at radius 2 is 1.75 bits per heavy atom. The number of nitrogens with two attached hydrogens (primary N) is 1. The molecule has 0 saturated carbocycles. The van der Waals surface area contributed by atoms with E-state index >= 15 is 0 Å². The fourth-order valence-corrected chi connectivity index (χ4v) is 4.37. The standard InChI is InChI=1S/C22H20ClN3O2/c1-3-19(26-21(27)14-6-4-5-7-15(14)22(26)28)12(2)16-10-13(23)11-18-20(16)17(24)8-9-25-18/h4-12,19H,3H2,1-2H3,(H2,24,25). The number of benzene rings is 2. The number of nitrogens with zero attached hydrogens (tertiary/aromatic N) is 2. The fraction of sp³-hybridized carbons (Fsp3) is 0.227. The van der Waals surface area contributed by atoms with E-state index in [9.17, 15) is 9.59 Å². The van der Waals surface area contributed by atoms with Crippen molar-refractivity contribution in [2.45, 2.75) is 32.2 Å². The van der Waals surface area contributed by atoms with Crippen molar-refractivity contribution in [1.29, 1.82) is 0 Å². The number of amides is 2. The second-order valence-electron chi connectivity index (χ2n) is 7.08. The first kappa shape index (κ1) is 18.4. The summed E-state index contributed by atoms with van der Waals surface area (Å²) >= 11 is 6.33. The molecule has 1 aliphatic heterocycles. The molecule has 2 N–H and O–H groups in total. The van der Waals surface area contributed by atoms with Gasteiger partial charge in [0.05, 0.1) is 16.6 Å². The third-order valence-corrected chi connectivity index (χ3v) is 5.73. The van der Waals surface area contributed by atoms with Crippen LogP contribution in [0.15, 0.2) is 48.7 Å². The molecule has 0 fully saturated rings. The second-order valence-corrected chi connectivity index (χ2v) is 7.52. The molecule has 28 heavy (non-hydrogen) atoms. The van der Waals surface area contributed by atoms with Gasteiger partial charge in [0.15, 0.2) is 0 Å². The molecule has 0 saturated heterocycles. The zero-order chi connectivity index (χ0) is 20.0. The van der Waals surface area contributed by atoms with Gasteiger partial charge in [-0.25, -0.2) is 0 Å². The molecule has 3 aromatic rings. The van der Waals surface area contributed by atoms with E-state index in [1.165, 1.54) is 4.90 Å². The number of fused-ring (bicyclic) bond motifs is 2. The molecule has 0 aliphatic carbocycles. The summed E-state index contributed by atoms with van der Waals surface area (Å²) in [6.45, 7) is 3.97. The molecule has 1 aromatic heterocycles. The predicted octanol–water partition coefficient (Wildman–Crippen LogP) is 4.65. The molecular formula is C22H20ClN3O2. The van der Waals surface area contributed by atoms with E-state index in [0.717, 1.165) is 10.9 Å². The maximum Gasteiger partial charge on any atom is 0.261 e. The molecule has 2 amide bonds. The normalized spacial score (nSPS) is 15.8. The van der Waals surface area contributed by atoms with Gasteiger partial charge in [-0.2, -0.15) is 0 Å². The van der Waals surface area contributed by atoms with Crippen LogP contribution in [0.1, 0.15) is 52.5 Å². The van der Waals surface area contributed by atoms with E-state index in [0.29, 0.717) is 33.8 Å². The van der Waals surface area contributed by atoms with Gasteiger partial charge in [-0.15, -0.1) is 0 Å². The highest BCUT2D eigenvalue weighted by molar-refractivity contribution is 6.31. The monoisotopic (exact) mass is 393 g/mol. The summed E-state index contributed by atoms with van der Waals surface area (Å²) in [5.41, 5.74) is 9.32. The van der Waals surface area contributed by atoms with Crippen LogP contribution in [-0.2, 0) is 0 Å². The number of nitrogen functional groups attached to an aromatic ring is 1. The lowest BCUT2D eigenvalue weighted by molar-refractivity contribution is 0.0559. The van der Waals surface area contributed by atoms with Crippen LogP contribution in [0.25, 0.3) is 10.9 Å². The van der Waals surface area contributed by atoms with Crippen LogP contribution in [0.3, 0.4) is 0 Å². The lowest BCUT2D eigenvalue weighted by atomic mass is 9.87. The Balaban J connectivity index is 1.82. The number of rotatable bonds is 4.